The average Bonchev–Trinajstić information content (AvgIpc) is 2.75. The van der Waals surface area contributed by atoms with E-state index in [4.69, 9.17) is 0 Å². The average molecular weight is 237 g/mol. The molecule has 1 aliphatic rings. The van der Waals surface area contributed by atoms with Crippen molar-refractivity contribution in [3.63, 3.8) is 0 Å². The van der Waals surface area contributed by atoms with Crippen LogP contribution in [0.1, 0.15) is 18.4 Å². The number of carbonyl (C=O) groups is 1. The van der Waals surface area contributed by atoms with Gasteiger partial charge in [-0.15, -0.1) is 0 Å². The lowest BCUT2D eigenvalue weighted by Crippen LogP contribution is -2.29. The minimum Gasteiger partial charge on any atom is -0.391 e. The monoisotopic (exact) mass is 237 g/mol. The minimum atomic E-state index is -0.371. The first kappa shape index (κ1) is 12.0. The quantitative estimate of drug-likeness (QED) is 0.862. The summed E-state index contributed by atoms with van der Waals surface area (Å²) in [6, 6.07) is 6.20. The van der Waals surface area contributed by atoms with Crippen LogP contribution in [0.5, 0.6) is 0 Å². The van der Waals surface area contributed by atoms with Crippen molar-refractivity contribution in [3.05, 3.63) is 35.6 Å². The fourth-order valence-corrected chi connectivity index (χ4v) is 2.03. The zero-order valence-corrected chi connectivity index (χ0v) is 9.60. The van der Waals surface area contributed by atoms with Crippen molar-refractivity contribution in [3.8, 4) is 0 Å². The van der Waals surface area contributed by atoms with Crippen LogP contribution in [0.25, 0.3) is 0 Å². The number of aryl methyl sites for hydroxylation is 1. The predicted octanol–water partition coefficient (Wildman–Crippen LogP) is 1.35. The normalized spacial score (nSPS) is 19.6. The van der Waals surface area contributed by atoms with Crippen LogP contribution >= 0.6 is 0 Å². The maximum atomic E-state index is 12.7. The number of amides is 1. The Labute approximate surface area is 99.9 Å². The first-order valence-corrected chi connectivity index (χ1v) is 5.85. The van der Waals surface area contributed by atoms with Crippen molar-refractivity contribution in [2.24, 2.45) is 0 Å². The topological polar surface area (TPSA) is 40.5 Å². The van der Waals surface area contributed by atoms with Crippen molar-refractivity contribution >= 4 is 5.91 Å². The van der Waals surface area contributed by atoms with Crippen LogP contribution < -0.4 is 0 Å². The second kappa shape index (κ2) is 5.27. The molecule has 1 amide bonds. The molecule has 1 heterocycles. The molecule has 0 aliphatic carbocycles. The molecule has 92 valence electrons. The molecule has 3 nitrogen and oxygen atoms in total. The molecule has 0 saturated carbocycles. The van der Waals surface area contributed by atoms with Gasteiger partial charge in [0.2, 0.25) is 5.91 Å². The van der Waals surface area contributed by atoms with Crippen LogP contribution in [0, 0.1) is 5.82 Å². The third-order valence-corrected chi connectivity index (χ3v) is 3.06. The number of hydrogen-bond donors (Lipinski definition) is 1. The Balaban J connectivity index is 1.82. The van der Waals surface area contributed by atoms with Crippen LogP contribution in [-0.4, -0.2) is 35.1 Å². The summed E-state index contributed by atoms with van der Waals surface area (Å²) in [7, 11) is 0. The summed E-state index contributed by atoms with van der Waals surface area (Å²) in [4.78, 5) is 13.5. The lowest BCUT2D eigenvalue weighted by Gasteiger charge is -2.15. The van der Waals surface area contributed by atoms with E-state index in [1.807, 2.05) is 0 Å². The summed E-state index contributed by atoms with van der Waals surface area (Å²) in [6.07, 6.45) is 1.33. The molecule has 1 aromatic carbocycles. The highest BCUT2D eigenvalue weighted by atomic mass is 19.1. The SMILES string of the molecule is O=C(CCc1ccc(F)cc1)N1CC[C@@H](O)C1. The number of carbonyl (C=O) groups excluding carboxylic acids is 1. The Bertz CT molecular complexity index is 391. The van der Waals surface area contributed by atoms with Gasteiger partial charge in [0.15, 0.2) is 0 Å². The van der Waals surface area contributed by atoms with Gasteiger partial charge in [-0.2, -0.15) is 0 Å². The molecule has 4 heteroatoms. The highest BCUT2D eigenvalue weighted by molar-refractivity contribution is 5.76. The maximum Gasteiger partial charge on any atom is 0.222 e. The van der Waals surface area contributed by atoms with Crippen LogP contribution in [0.15, 0.2) is 24.3 Å². The van der Waals surface area contributed by atoms with E-state index >= 15 is 0 Å². The van der Waals surface area contributed by atoms with Crippen LogP contribution in [0.4, 0.5) is 4.39 Å². The van der Waals surface area contributed by atoms with Gasteiger partial charge < -0.3 is 10.0 Å². The van der Waals surface area contributed by atoms with Gasteiger partial charge in [-0.1, -0.05) is 12.1 Å². The van der Waals surface area contributed by atoms with Gasteiger partial charge in [0.25, 0.3) is 0 Å². The van der Waals surface area contributed by atoms with Crippen molar-refractivity contribution in [2.45, 2.75) is 25.4 Å². The van der Waals surface area contributed by atoms with Crippen LogP contribution in [-0.2, 0) is 11.2 Å². The third-order valence-electron chi connectivity index (χ3n) is 3.06. The molecule has 1 atom stereocenters. The fraction of sp³-hybridized carbons (Fsp3) is 0.462. The number of β-amino-alcohol motifs (C(OH)–C–C–N with tert-alkyl or cyclic N) is 1. The van der Waals surface area contributed by atoms with E-state index in [2.05, 4.69) is 0 Å². The van der Waals surface area contributed by atoms with Crippen molar-refractivity contribution < 1.29 is 14.3 Å². The van der Waals surface area contributed by atoms with Gasteiger partial charge in [-0.3, -0.25) is 4.79 Å². The molecule has 0 bridgehead atoms. The number of aliphatic hydroxyl groups excluding tert-OH is 1. The molecule has 0 radical (unpaired) electrons. The zero-order valence-electron chi connectivity index (χ0n) is 9.60. The van der Waals surface area contributed by atoms with E-state index in [0.29, 0.717) is 32.4 Å². The van der Waals surface area contributed by atoms with Crippen molar-refractivity contribution in [2.75, 3.05) is 13.1 Å². The summed E-state index contributed by atoms with van der Waals surface area (Å²) in [5.74, 6) is -0.200. The lowest BCUT2D eigenvalue weighted by molar-refractivity contribution is -0.130. The number of nitrogens with zero attached hydrogens (tertiary/aromatic N) is 1. The second-order valence-electron chi connectivity index (χ2n) is 4.41. The Morgan fingerprint density at radius 3 is 2.71 bits per heavy atom. The highest BCUT2D eigenvalue weighted by Gasteiger charge is 2.23. The Hall–Kier alpha value is -1.42. The van der Waals surface area contributed by atoms with Crippen LogP contribution in [0.3, 0.4) is 0 Å². The standard InChI is InChI=1S/C13H16FNO2/c14-11-4-1-10(2-5-11)3-6-13(17)15-8-7-12(16)9-15/h1-2,4-5,12,16H,3,6-9H2/t12-/m1/s1. The van der Waals surface area contributed by atoms with Gasteiger partial charge >= 0.3 is 0 Å². The van der Waals surface area contributed by atoms with Gasteiger partial charge in [-0.25, -0.2) is 4.39 Å². The Morgan fingerprint density at radius 1 is 1.41 bits per heavy atom. The first-order chi connectivity index (χ1) is 8.15. The number of hydrogen-bond acceptors (Lipinski definition) is 2. The molecule has 1 aromatic rings. The molecule has 17 heavy (non-hydrogen) atoms. The van der Waals surface area contributed by atoms with E-state index in [1.54, 1.807) is 17.0 Å². The summed E-state index contributed by atoms with van der Waals surface area (Å²) >= 11 is 0. The van der Waals surface area contributed by atoms with Gasteiger partial charge in [-0.05, 0) is 30.5 Å². The molecule has 1 N–H and O–H groups in total. The fourth-order valence-electron chi connectivity index (χ4n) is 2.03. The van der Waals surface area contributed by atoms with E-state index in [-0.39, 0.29) is 17.8 Å². The summed E-state index contributed by atoms with van der Waals surface area (Å²) in [6.45, 7) is 1.09. The molecule has 1 fully saturated rings. The van der Waals surface area contributed by atoms with Gasteiger partial charge in [0.1, 0.15) is 5.82 Å². The molecular formula is C13H16FNO2. The maximum absolute atomic E-state index is 12.7. The minimum absolute atomic E-state index is 0.0610. The summed E-state index contributed by atoms with van der Waals surface area (Å²) in [5.41, 5.74) is 0.958. The smallest absolute Gasteiger partial charge is 0.222 e. The van der Waals surface area contributed by atoms with Crippen LogP contribution in [0.2, 0.25) is 0 Å². The summed E-state index contributed by atoms with van der Waals surface area (Å²) in [5, 5.41) is 9.33. The van der Waals surface area contributed by atoms with E-state index < -0.39 is 0 Å². The number of aliphatic hydroxyl groups is 1. The molecule has 0 spiro atoms. The van der Waals surface area contributed by atoms with E-state index in [0.717, 1.165) is 5.56 Å². The number of benzene rings is 1. The van der Waals surface area contributed by atoms with Crippen molar-refractivity contribution in [1.29, 1.82) is 0 Å². The first-order valence-electron chi connectivity index (χ1n) is 5.85. The molecule has 1 aliphatic heterocycles. The molecule has 0 unspecified atom stereocenters. The largest absolute Gasteiger partial charge is 0.391 e. The number of likely N-dealkylation sites (tertiary alicyclic amines) is 1. The Kier molecular flexibility index (Phi) is 3.74. The zero-order chi connectivity index (χ0) is 12.3. The highest BCUT2D eigenvalue weighted by Crippen LogP contribution is 2.12. The lowest BCUT2D eigenvalue weighted by atomic mass is 10.1. The summed E-state index contributed by atoms with van der Waals surface area (Å²) < 4.78 is 12.7. The van der Waals surface area contributed by atoms with Crippen molar-refractivity contribution in [1.82, 2.24) is 4.90 Å². The number of halogens is 1. The number of rotatable bonds is 3. The Morgan fingerprint density at radius 2 is 2.12 bits per heavy atom. The molecule has 1 saturated heterocycles. The van der Waals surface area contributed by atoms with E-state index in [9.17, 15) is 14.3 Å². The second-order valence-corrected chi connectivity index (χ2v) is 4.41. The molecule has 2 rings (SSSR count). The van der Waals surface area contributed by atoms with E-state index in [1.165, 1.54) is 12.1 Å². The predicted molar refractivity (Wildman–Crippen MR) is 61.9 cm³/mol. The van der Waals surface area contributed by atoms with Gasteiger partial charge in [0, 0.05) is 19.5 Å². The molecule has 0 aromatic heterocycles. The molecular weight excluding hydrogens is 221 g/mol. The van der Waals surface area contributed by atoms with Gasteiger partial charge in [0.05, 0.1) is 6.10 Å². The third kappa shape index (κ3) is 3.27.